The second-order valence-corrected chi connectivity index (χ2v) is 8.34. The average molecular weight is 515 g/mol. The molecule has 0 amide bonds. The third-order valence-corrected chi connectivity index (χ3v) is 6.06. The van der Waals surface area contributed by atoms with Crippen LogP contribution in [0.4, 0.5) is 0 Å². The van der Waals surface area contributed by atoms with E-state index in [1.807, 2.05) is 7.05 Å². The molecule has 164 valence electrons. The smallest absolute Gasteiger partial charge is 0.193 e. The Kier molecular flexibility index (Phi) is 9.98. The largest absolute Gasteiger partial charge is 0.497 e. The Labute approximate surface area is 193 Å². The molecule has 2 heterocycles. The zero-order chi connectivity index (χ0) is 19.9. The van der Waals surface area contributed by atoms with Crippen LogP contribution in [0.15, 0.2) is 29.3 Å². The summed E-state index contributed by atoms with van der Waals surface area (Å²) in [7, 11) is 5.82. The van der Waals surface area contributed by atoms with Crippen LogP contribution in [-0.2, 0) is 0 Å². The van der Waals surface area contributed by atoms with Crippen molar-refractivity contribution in [1.82, 2.24) is 20.0 Å². The molecule has 2 fully saturated rings. The highest BCUT2D eigenvalue weighted by molar-refractivity contribution is 14.0. The number of methoxy groups -OCH3 is 1. The molecule has 0 aromatic heterocycles. The van der Waals surface area contributed by atoms with E-state index in [1.165, 1.54) is 38.2 Å². The van der Waals surface area contributed by atoms with Crippen LogP contribution in [0.5, 0.6) is 5.75 Å². The van der Waals surface area contributed by atoms with Gasteiger partial charge in [-0.2, -0.15) is 0 Å². The molecule has 0 spiro atoms. The molecule has 3 rings (SSSR count). The predicted octanol–water partition coefficient (Wildman–Crippen LogP) is 2.56. The molecule has 0 bridgehead atoms. The van der Waals surface area contributed by atoms with Gasteiger partial charge in [0.25, 0.3) is 0 Å². The lowest BCUT2D eigenvalue weighted by molar-refractivity contribution is 0.139. The number of hydrogen-bond donors (Lipinski definition) is 1. The fraction of sp³-hybridized carbons (Fsp3) is 0.682. The number of rotatable bonds is 6. The zero-order valence-corrected chi connectivity index (χ0v) is 20.8. The lowest BCUT2D eigenvalue weighted by atomic mass is 9.98. The van der Waals surface area contributed by atoms with Gasteiger partial charge in [-0.15, -0.1) is 24.0 Å². The highest BCUT2D eigenvalue weighted by atomic mass is 127. The molecule has 7 heteroatoms. The zero-order valence-electron chi connectivity index (χ0n) is 18.4. The van der Waals surface area contributed by atoms with Crippen molar-refractivity contribution in [3.63, 3.8) is 0 Å². The summed E-state index contributed by atoms with van der Waals surface area (Å²) in [5, 5.41) is 3.62. The fourth-order valence-electron chi connectivity index (χ4n) is 4.23. The number of likely N-dealkylation sites (tertiary alicyclic amines) is 1. The van der Waals surface area contributed by atoms with Crippen molar-refractivity contribution in [2.45, 2.75) is 19.3 Å². The van der Waals surface area contributed by atoms with Gasteiger partial charge in [-0.05, 0) is 37.1 Å². The van der Waals surface area contributed by atoms with E-state index in [0.717, 1.165) is 37.9 Å². The molecule has 2 aliphatic rings. The summed E-state index contributed by atoms with van der Waals surface area (Å²) in [6.45, 7) is 11.3. The van der Waals surface area contributed by atoms with Crippen LogP contribution in [0.3, 0.4) is 0 Å². The SMILES string of the molecule is CN=C(NCC(C)CN1CCN(C)CC1)N1CCC(c2ccc(OC)cc2)C1.I. The van der Waals surface area contributed by atoms with Crippen LogP contribution in [0, 0.1) is 5.92 Å². The Hall–Kier alpha value is -1.06. The number of guanidine groups is 1. The number of hydrogen-bond acceptors (Lipinski definition) is 4. The maximum atomic E-state index is 5.28. The van der Waals surface area contributed by atoms with Crippen LogP contribution < -0.4 is 10.1 Å². The minimum atomic E-state index is 0. The summed E-state index contributed by atoms with van der Waals surface area (Å²) in [4.78, 5) is 11.9. The monoisotopic (exact) mass is 515 g/mol. The van der Waals surface area contributed by atoms with Gasteiger partial charge in [-0.1, -0.05) is 19.1 Å². The molecule has 2 atom stereocenters. The maximum absolute atomic E-state index is 5.28. The first-order valence-corrected chi connectivity index (χ1v) is 10.6. The minimum Gasteiger partial charge on any atom is -0.497 e. The summed E-state index contributed by atoms with van der Waals surface area (Å²) in [5.74, 6) is 3.14. The van der Waals surface area contributed by atoms with Crippen LogP contribution in [0.1, 0.15) is 24.8 Å². The Balaban J connectivity index is 0.00000300. The van der Waals surface area contributed by atoms with Crippen molar-refractivity contribution < 1.29 is 4.74 Å². The van der Waals surface area contributed by atoms with E-state index in [2.05, 4.69) is 63.2 Å². The van der Waals surface area contributed by atoms with Crippen molar-refractivity contribution in [1.29, 1.82) is 0 Å². The van der Waals surface area contributed by atoms with Gasteiger partial charge in [0.1, 0.15) is 5.75 Å². The van der Waals surface area contributed by atoms with Crippen LogP contribution in [-0.4, -0.2) is 94.2 Å². The number of nitrogens with one attached hydrogen (secondary N) is 1. The van der Waals surface area contributed by atoms with E-state index in [1.54, 1.807) is 7.11 Å². The van der Waals surface area contributed by atoms with E-state index >= 15 is 0 Å². The highest BCUT2D eigenvalue weighted by Gasteiger charge is 2.26. The Morgan fingerprint density at radius 1 is 1.17 bits per heavy atom. The molecule has 1 aromatic carbocycles. The van der Waals surface area contributed by atoms with E-state index in [-0.39, 0.29) is 24.0 Å². The Morgan fingerprint density at radius 3 is 2.48 bits per heavy atom. The van der Waals surface area contributed by atoms with Crippen LogP contribution >= 0.6 is 24.0 Å². The Bertz CT molecular complexity index is 631. The average Bonchev–Trinajstić information content (AvgIpc) is 3.20. The third-order valence-electron chi connectivity index (χ3n) is 6.06. The molecule has 29 heavy (non-hydrogen) atoms. The summed E-state index contributed by atoms with van der Waals surface area (Å²) >= 11 is 0. The molecule has 2 aliphatic heterocycles. The fourth-order valence-corrected chi connectivity index (χ4v) is 4.23. The molecule has 1 aromatic rings. The number of benzene rings is 1. The molecular weight excluding hydrogens is 477 g/mol. The van der Waals surface area contributed by atoms with E-state index in [4.69, 9.17) is 4.74 Å². The van der Waals surface area contributed by atoms with Gasteiger partial charge >= 0.3 is 0 Å². The number of likely N-dealkylation sites (N-methyl/N-ethyl adjacent to an activating group) is 1. The standard InChI is InChI=1S/C22H37N5O.HI/c1-18(16-26-13-11-25(3)12-14-26)15-24-22(23-2)27-10-9-20(17-27)19-5-7-21(28-4)8-6-19;/h5-8,18,20H,9-17H2,1-4H3,(H,23,24);1H. The molecular formula is C22H38IN5O. The molecule has 2 unspecified atom stereocenters. The second-order valence-electron chi connectivity index (χ2n) is 8.34. The first-order chi connectivity index (χ1) is 13.6. The van der Waals surface area contributed by atoms with Crippen molar-refractivity contribution in [2.24, 2.45) is 10.9 Å². The topological polar surface area (TPSA) is 43.3 Å². The lowest BCUT2D eigenvalue weighted by Crippen LogP contribution is -2.48. The van der Waals surface area contributed by atoms with Gasteiger partial charge < -0.3 is 24.8 Å². The third kappa shape index (κ3) is 7.00. The van der Waals surface area contributed by atoms with Crippen molar-refractivity contribution >= 4 is 29.9 Å². The number of aliphatic imine (C=N–C) groups is 1. The van der Waals surface area contributed by atoms with E-state index < -0.39 is 0 Å². The number of piperazine rings is 1. The van der Waals surface area contributed by atoms with Gasteiger partial charge in [0.2, 0.25) is 0 Å². The molecule has 2 saturated heterocycles. The lowest BCUT2D eigenvalue weighted by Gasteiger charge is -2.34. The molecule has 1 N–H and O–H groups in total. The molecule has 0 saturated carbocycles. The molecule has 6 nitrogen and oxygen atoms in total. The summed E-state index contributed by atoms with van der Waals surface area (Å²) in [5.41, 5.74) is 1.39. The van der Waals surface area contributed by atoms with Crippen LogP contribution in [0.25, 0.3) is 0 Å². The first-order valence-electron chi connectivity index (χ1n) is 10.6. The number of halogens is 1. The van der Waals surface area contributed by atoms with Crippen LogP contribution in [0.2, 0.25) is 0 Å². The van der Waals surface area contributed by atoms with Gasteiger partial charge in [-0.25, -0.2) is 0 Å². The molecule has 0 radical (unpaired) electrons. The number of nitrogens with zero attached hydrogens (tertiary/aromatic N) is 4. The first kappa shape index (κ1) is 24.2. The van der Waals surface area contributed by atoms with Gasteiger partial charge in [0.15, 0.2) is 5.96 Å². The summed E-state index contributed by atoms with van der Waals surface area (Å²) in [6, 6.07) is 8.51. The van der Waals surface area contributed by atoms with E-state index in [0.29, 0.717) is 11.8 Å². The highest BCUT2D eigenvalue weighted by Crippen LogP contribution is 2.28. The summed E-state index contributed by atoms with van der Waals surface area (Å²) in [6.07, 6.45) is 1.17. The minimum absolute atomic E-state index is 0. The molecule has 0 aliphatic carbocycles. The summed E-state index contributed by atoms with van der Waals surface area (Å²) < 4.78 is 5.28. The quantitative estimate of drug-likeness (QED) is 0.359. The second kappa shape index (κ2) is 12.0. The maximum Gasteiger partial charge on any atom is 0.193 e. The van der Waals surface area contributed by atoms with Gasteiger partial charge in [0.05, 0.1) is 7.11 Å². The number of ether oxygens (including phenoxy) is 1. The van der Waals surface area contributed by atoms with Crippen molar-refractivity contribution in [2.75, 3.05) is 73.6 Å². The van der Waals surface area contributed by atoms with Gasteiger partial charge in [0, 0.05) is 65.3 Å². The van der Waals surface area contributed by atoms with Crippen molar-refractivity contribution in [3.8, 4) is 5.75 Å². The van der Waals surface area contributed by atoms with Gasteiger partial charge in [-0.3, -0.25) is 4.99 Å². The van der Waals surface area contributed by atoms with Crippen molar-refractivity contribution in [3.05, 3.63) is 29.8 Å². The normalized spacial score (nSPS) is 22.3. The predicted molar refractivity (Wildman–Crippen MR) is 132 cm³/mol. The van der Waals surface area contributed by atoms with E-state index in [9.17, 15) is 0 Å². The Morgan fingerprint density at radius 2 is 1.86 bits per heavy atom.